The molecule has 198 valence electrons. The number of aliphatic hydroxyl groups is 2. The molecule has 0 saturated heterocycles. The van der Waals surface area contributed by atoms with E-state index in [-0.39, 0.29) is 31.8 Å². The molecule has 0 aromatic heterocycles. The van der Waals surface area contributed by atoms with E-state index in [0.717, 1.165) is 37.7 Å². The maximum absolute atomic E-state index is 13.6. The number of alkyl halides is 3. The molecule has 0 bridgehead atoms. The van der Waals surface area contributed by atoms with Crippen molar-refractivity contribution in [1.29, 1.82) is 0 Å². The monoisotopic (exact) mass is 486 g/mol. The van der Waals surface area contributed by atoms with Crippen LogP contribution in [0.2, 0.25) is 0 Å². The first kappa shape index (κ1) is 28.0. The zero-order chi connectivity index (χ0) is 24.4. The van der Waals surface area contributed by atoms with Gasteiger partial charge in [-0.25, -0.2) is 0 Å². The van der Waals surface area contributed by atoms with Crippen LogP contribution in [0.15, 0.2) is 11.6 Å². The van der Waals surface area contributed by atoms with E-state index in [1.807, 2.05) is 0 Å². The molecule has 3 fully saturated rings. The Morgan fingerprint density at radius 1 is 1.00 bits per heavy atom. The third-order valence-electron chi connectivity index (χ3n) is 11.1. The van der Waals surface area contributed by atoms with Crippen LogP contribution in [0.1, 0.15) is 106 Å². The van der Waals surface area contributed by atoms with E-state index in [1.165, 1.54) is 12.8 Å². The highest BCUT2D eigenvalue weighted by atomic mass is 19.4. The van der Waals surface area contributed by atoms with Crippen LogP contribution in [0.4, 0.5) is 13.2 Å². The quantitative estimate of drug-likeness (QED) is 0.387. The lowest BCUT2D eigenvalue weighted by Gasteiger charge is -2.59. The van der Waals surface area contributed by atoms with E-state index in [4.69, 9.17) is 0 Å². The summed E-state index contributed by atoms with van der Waals surface area (Å²) in [6, 6.07) is 0. The van der Waals surface area contributed by atoms with Crippen molar-refractivity contribution in [3.63, 3.8) is 0 Å². The lowest BCUT2D eigenvalue weighted by Crippen LogP contribution is -2.55. The van der Waals surface area contributed by atoms with Gasteiger partial charge in [-0.1, -0.05) is 53.7 Å². The van der Waals surface area contributed by atoms with Crippen molar-refractivity contribution >= 4 is 0 Å². The van der Waals surface area contributed by atoms with Gasteiger partial charge in [-0.05, 0) is 104 Å². The van der Waals surface area contributed by atoms with Crippen LogP contribution >= 0.6 is 0 Å². The molecule has 9 atom stereocenters. The van der Waals surface area contributed by atoms with Gasteiger partial charge in [-0.2, -0.15) is 13.2 Å². The predicted molar refractivity (Wildman–Crippen MR) is 132 cm³/mol. The van der Waals surface area contributed by atoms with Gasteiger partial charge in [0.05, 0.1) is 6.10 Å². The second-order valence-corrected chi connectivity index (χ2v) is 13.1. The molecule has 2 N–H and O–H groups in total. The van der Waals surface area contributed by atoms with Crippen molar-refractivity contribution in [2.45, 2.75) is 124 Å². The van der Waals surface area contributed by atoms with Gasteiger partial charge in [0.1, 0.15) is 0 Å². The fourth-order valence-electron chi connectivity index (χ4n) is 8.83. The third kappa shape index (κ3) is 4.40. The smallest absolute Gasteiger partial charge is 0.393 e. The second kappa shape index (κ2) is 9.39. The molecule has 0 aromatic rings. The number of rotatable bonds is 5. The van der Waals surface area contributed by atoms with Crippen LogP contribution in [0.5, 0.6) is 0 Å². The standard InChI is InChI=1S/C28H45F3O2.CH4/c1-17(2)24(32)11-6-18(3)21-9-10-22-20-8-7-19-16-27(33,28(29,30)31)15-14-25(19,4)23(20)12-13-26(21,22)5;/h7,17-18,20-24,32-33H,6,8-16H2,1-5H3;1H4/t18-,20+,21-,22+,23+,24+,25+,26-,27+;/m1./s1. The summed E-state index contributed by atoms with van der Waals surface area (Å²) in [4.78, 5) is 0. The summed E-state index contributed by atoms with van der Waals surface area (Å²) in [6.07, 6.45) is 4.86. The maximum atomic E-state index is 13.6. The minimum Gasteiger partial charge on any atom is -0.393 e. The highest BCUT2D eigenvalue weighted by molar-refractivity contribution is 5.28. The highest BCUT2D eigenvalue weighted by Crippen LogP contribution is 2.68. The normalized spacial score (nSPS) is 43.8. The van der Waals surface area contributed by atoms with Crippen molar-refractivity contribution in [1.82, 2.24) is 0 Å². The number of halogens is 3. The number of allylic oxidation sites excluding steroid dienone is 1. The van der Waals surface area contributed by atoms with Gasteiger partial charge < -0.3 is 10.2 Å². The molecule has 0 aromatic carbocycles. The summed E-state index contributed by atoms with van der Waals surface area (Å²) in [5, 5.41) is 20.7. The first-order chi connectivity index (χ1) is 15.2. The van der Waals surface area contributed by atoms with Gasteiger partial charge in [0, 0.05) is 6.42 Å². The Morgan fingerprint density at radius 2 is 1.68 bits per heavy atom. The molecule has 4 rings (SSSR count). The molecule has 0 spiro atoms. The average molecular weight is 487 g/mol. The van der Waals surface area contributed by atoms with Crippen LogP contribution in [0.25, 0.3) is 0 Å². The van der Waals surface area contributed by atoms with Gasteiger partial charge >= 0.3 is 6.18 Å². The Kier molecular flexibility index (Phi) is 7.74. The van der Waals surface area contributed by atoms with E-state index in [1.54, 1.807) is 0 Å². The van der Waals surface area contributed by atoms with Crippen molar-refractivity contribution in [2.24, 2.45) is 46.3 Å². The first-order valence-electron chi connectivity index (χ1n) is 13.4. The molecule has 0 amide bonds. The SMILES string of the molecule is C.CC(C)[C@@H](O)CC[C@@H](C)[C@H]1CC[C@H]2[C@@H]3CC=C4C[C@](O)(C(F)(F)F)CC[C@]4(C)[C@H]3CC[C@]12C. The van der Waals surface area contributed by atoms with Gasteiger partial charge in [-0.15, -0.1) is 0 Å². The van der Waals surface area contributed by atoms with Crippen molar-refractivity contribution in [3.8, 4) is 0 Å². The number of aliphatic hydroxyl groups excluding tert-OH is 1. The molecule has 4 aliphatic rings. The Hall–Kier alpha value is -0.550. The van der Waals surface area contributed by atoms with Crippen molar-refractivity contribution in [3.05, 3.63) is 11.6 Å². The van der Waals surface area contributed by atoms with Crippen LogP contribution in [-0.2, 0) is 0 Å². The van der Waals surface area contributed by atoms with E-state index >= 15 is 0 Å². The average Bonchev–Trinajstić information content (AvgIpc) is 3.08. The molecule has 0 heterocycles. The van der Waals surface area contributed by atoms with E-state index in [2.05, 4.69) is 40.7 Å². The first-order valence-corrected chi connectivity index (χ1v) is 13.4. The van der Waals surface area contributed by atoms with E-state index < -0.39 is 11.8 Å². The minimum absolute atomic E-state index is 0. The lowest BCUT2D eigenvalue weighted by molar-refractivity contribution is -0.271. The zero-order valence-corrected chi connectivity index (χ0v) is 21.2. The Morgan fingerprint density at radius 3 is 2.29 bits per heavy atom. The summed E-state index contributed by atoms with van der Waals surface area (Å²) in [7, 11) is 0. The summed E-state index contributed by atoms with van der Waals surface area (Å²) in [5.41, 5.74) is -1.59. The van der Waals surface area contributed by atoms with Gasteiger partial charge in [0.25, 0.3) is 0 Å². The molecule has 0 unspecified atom stereocenters. The van der Waals surface area contributed by atoms with Gasteiger partial charge in [0.15, 0.2) is 5.60 Å². The fourth-order valence-corrected chi connectivity index (χ4v) is 8.83. The third-order valence-corrected chi connectivity index (χ3v) is 11.1. The summed E-state index contributed by atoms with van der Waals surface area (Å²) in [5.74, 6) is 3.18. The molecular formula is C29H49F3O2. The van der Waals surface area contributed by atoms with Gasteiger partial charge in [-0.3, -0.25) is 0 Å². The van der Waals surface area contributed by atoms with Crippen molar-refractivity contribution in [2.75, 3.05) is 0 Å². The predicted octanol–water partition coefficient (Wildman–Crippen LogP) is 7.93. The Balaban J connectivity index is 0.00000324. The molecule has 2 nitrogen and oxygen atoms in total. The van der Waals surface area contributed by atoms with Crippen molar-refractivity contribution < 1.29 is 23.4 Å². The fraction of sp³-hybridized carbons (Fsp3) is 0.931. The minimum atomic E-state index is -4.56. The van der Waals surface area contributed by atoms with Crippen LogP contribution < -0.4 is 0 Å². The second-order valence-electron chi connectivity index (χ2n) is 13.1. The Bertz CT molecular complexity index is 761. The van der Waals surface area contributed by atoms with Crippen LogP contribution in [0.3, 0.4) is 0 Å². The molecule has 0 radical (unpaired) electrons. The van der Waals surface area contributed by atoms with E-state index in [9.17, 15) is 23.4 Å². The lowest BCUT2D eigenvalue weighted by atomic mass is 9.46. The topological polar surface area (TPSA) is 40.5 Å². The van der Waals surface area contributed by atoms with E-state index in [0.29, 0.717) is 47.3 Å². The van der Waals surface area contributed by atoms with Gasteiger partial charge in [0.2, 0.25) is 0 Å². The highest BCUT2D eigenvalue weighted by Gasteiger charge is 2.63. The molecule has 0 aliphatic heterocycles. The number of hydrogen-bond donors (Lipinski definition) is 2. The van der Waals surface area contributed by atoms with Crippen LogP contribution in [-0.4, -0.2) is 28.1 Å². The molecule has 5 heteroatoms. The zero-order valence-electron chi connectivity index (χ0n) is 21.2. The largest absolute Gasteiger partial charge is 0.417 e. The summed E-state index contributed by atoms with van der Waals surface area (Å²) >= 11 is 0. The molecular weight excluding hydrogens is 437 g/mol. The number of fused-ring (bicyclic) bond motifs is 5. The molecule has 4 aliphatic carbocycles. The maximum Gasteiger partial charge on any atom is 0.417 e. The molecule has 3 saturated carbocycles. The summed E-state index contributed by atoms with van der Waals surface area (Å²) < 4.78 is 40.7. The summed E-state index contributed by atoms with van der Waals surface area (Å²) in [6.45, 7) is 11.2. The Labute approximate surface area is 205 Å². The van der Waals surface area contributed by atoms with Crippen LogP contribution in [0, 0.1) is 46.3 Å². The molecule has 34 heavy (non-hydrogen) atoms. The number of hydrogen-bond acceptors (Lipinski definition) is 2.